The molecule has 6 heteroatoms. The molecule has 0 unspecified atom stereocenters. The molecule has 0 atom stereocenters. The Morgan fingerprint density at radius 1 is 1.58 bits per heavy atom. The van der Waals surface area contributed by atoms with Crippen LogP contribution < -0.4 is 5.32 Å². The molecule has 1 heterocycles. The molecule has 0 radical (unpaired) electrons. The van der Waals surface area contributed by atoms with Crippen LogP contribution in [0.5, 0.6) is 0 Å². The van der Waals surface area contributed by atoms with E-state index in [0.29, 0.717) is 16.4 Å². The summed E-state index contributed by atoms with van der Waals surface area (Å²) >= 11 is 1.40. The Hall–Kier alpha value is -2.39. The summed E-state index contributed by atoms with van der Waals surface area (Å²) < 4.78 is 4.58. The molecule has 96 valence electrons. The zero-order chi connectivity index (χ0) is 13.7. The van der Waals surface area contributed by atoms with Gasteiger partial charge >= 0.3 is 5.97 Å². The van der Waals surface area contributed by atoms with E-state index >= 15 is 0 Å². The lowest BCUT2D eigenvalue weighted by molar-refractivity contribution is -0.139. The van der Waals surface area contributed by atoms with Crippen LogP contribution >= 0.6 is 11.3 Å². The summed E-state index contributed by atoms with van der Waals surface area (Å²) in [5.74, 6) is -0.316. The first-order valence-corrected chi connectivity index (χ1v) is 6.37. The highest BCUT2D eigenvalue weighted by Gasteiger charge is 2.07. The van der Waals surface area contributed by atoms with Crippen molar-refractivity contribution in [1.29, 1.82) is 5.26 Å². The van der Waals surface area contributed by atoms with Crippen molar-refractivity contribution < 1.29 is 9.53 Å². The highest BCUT2D eigenvalue weighted by molar-refractivity contribution is 7.13. The fourth-order valence-electron chi connectivity index (χ4n) is 1.46. The molecule has 0 amide bonds. The average Bonchev–Trinajstić information content (AvgIpc) is 2.86. The van der Waals surface area contributed by atoms with Crippen molar-refractivity contribution in [1.82, 2.24) is 4.98 Å². The Kier molecular flexibility index (Phi) is 4.11. The molecule has 1 aromatic heterocycles. The quantitative estimate of drug-likeness (QED) is 0.866. The molecule has 19 heavy (non-hydrogen) atoms. The zero-order valence-corrected chi connectivity index (χ0v) is 11.0. The van der Waals surface area contributed by atoms with E-state index in [1.807, 2.05) is 6.07 Å². The summed E-state index contributed by atoms with van der Waals surface area (Å²) in [7, 11) is 1.35. The number of thiazole rings is 1. The van der Waals surface area contributed by atoms with Gasteiger partial charge in [-0.2, -0.15) is 5.26 Å². The number of methoxy groups -OCH3 is 1. The number of rotatable bonds is 4. The predicted octanol–water partition coefficient (Wildman–Crippen LogP) is 2.47. The second kappa shape index (κ2) is 5.98. The Balaban J connectivity index is 2.07. The van der Waals surface area contributed by atoms with Gasteiger partial charge in [-0.3, -0.25) is 4.79 Å². The minimum absolute atomic E-state index is 0.160. The lowest BCUT2D eigenvalue weighted by Crippen LogP contribution is -2.04. The number of hydrogen-bond acceptors (Lipinski definition) is 6. The van der Waals surface area contributed by atoms with E-state index in [0.717, 1.165) is 5.69 Å². The van der Waals surface area contributed by atoms with E-state index in [-0.39, 0.29) is 12.4 Å². The highest BCUT2D eigenvalue weighted by atomic mass is 32.1. The summed E-state index contributed by atoms with van der Waals surface area (Å²) in [5.41, 5.74) is 2.03. The summed E-state index contributed by atoms with van der Waals surface area (Å²) in [4.78, 5) is 15.4. The van der Waals surface area contributed by atoms with Gasteiger partial charge in [-0.1, -0.05) is 6.07 Å². The Labute approximate surface area is 114 Å². The number of carbonyl (C=O) groups excluding carboxylic acids is 1. The fraction of sp³-hybridized carbons (Fsp3) is 0.154. The summed E-state index contributed by atoms with van der Waals surface area (Å²) in [6.07, 6.45) is 0.160. The molecule has 2 rings (SSSR count). The number of benzene rings is 1. The minimum atomic E-state index is -0.316. The van der Waals surface area contributed by atoms with Gasteiger partial charge in [-0.25, -0.2) is 4.98 Å². The molecule has 5 nitrogen and oxygen atoms in total. The Bertz CT molecular complexity index is 631. The van der Waals surface area contributed by atoms with Gasteiger partial charge in [0.1, 0.15) is 0 Å². The number of ether oxygens (including phenoxy) is 1. The van der Waals surface area contributed by atoms with Crippen LogP contribution in [0.15, 0.2) is 29.6 Å². The topological polar surface area (TPSA) is 75.0 Å². The van der Waals surface area contributed by atoms with Crippen LogP contribution in [0.1, 0.15) is 11.3 Å². The first kappa shape index (κ1) is 13.1. The van der Waals surface area contributed by atoms with Crippen LogP contribution in [0.25, 0.3) is 0 Å². The van der Waals surface area contributed by atoms with E-state index in [2.05, 4.69) is 21.1 Å². The number of carbonyl (C=O) groups is 1. The number of nitriles is 1. The van der Waals surface area contributed by atoms with E-state index in [4.69, 9.17) is 5.26 Å². The summed E-state index contributed by atoms with van der Waals surface area (Å²) in [6.45, 7) is 0. The summed E-state index contributed by atoms with van der Waals surface area (Å²) in [5, 5.41) is 14.4. The van der Waals surface area contributed by atoms with E-state index in [9.17, 15) is 4.79 Å². The molecule has 0 spiro atoms. The molecule has 0 bridgehead atoms. The lowest BCUT2D eigenvalue weighted by atomic mass is 10.2. The molecular formula is C13H11N3O2S. The van der Waals surface area contributed by atoms with Gasteiger partial charge in [-0.15, -0.1) is 11.3 Å². The van der Waals surface area contributed by atoms with Gasteiger partial charge in [0.2, 0.25) is 0 Å². The Morgan fingerprint density at radius 2 is 2.42 bits per heavy atom. The van der Waals surface area contributed by atoms with Crippen LogP contribution in [0, 0.1) is 11.3 Å². The van der Waals surface area contributed by atoms with Crippen molar-refractivity contribution in [2.75, 3.05) is 12.4 Å². The number of nitrogens with zero attached hydrogens (tertiary/aromatic N) is 2. The van der Waals surface area contributed by atoms with Crippen LogP contribution in [0.4, 0.5) is 10.8 Å². The first-order valence-electron chi connectivity index (χ1n) is 5.49. The standard InChI is InChI=1S/C13H11N3O2S/c1-18-12(17)6-11-8-19-13(16-11)15-10-4-2-3-9(5-10)7-14/h2-5,8H,6H2,1H3,(H,15,16). The molecule has 1 N–H and O–H groups in total. The third kappa shape index (κ3) is 3.53. The average molecular weight is 273 g/mol. The molecule has 1 aromatic carbocycles. The van der Waals surface area contributed by atoms with E-state index in [1.165, 1.54) is 18.4 Å². The number of esters is 1. The molecule has 0 aliphatic heterocycles. The van der Waals surface area contributed by atoms with Crippen molar-refractivity contribution in [3.05, 3.63) is 40.9 Å². The van der Waals surface area contributed by atoms with Crippen molar-refractivity contribution in [2.45, 2.75) is 6.42 Å². The fourth-order valence-corrected chi connectivity index (χ4v) is 2.19. The van der Waals surface area contributed by atoms with Crippen molar-refractivity contribution in [2.24, 2.45) is 0 Å². The molecule has 0 saturated heterocycles. The van der Waals surface area contributed by atoms with E-state index < -0.39 is 0 Å². The van der Waals surface area contributed by atoms with Gasteiger partial charge in [-0.05, 0) is 18.2 Å². The van der Waals surface area contributed by atoms with Gasteiger partial charge in [0.05, 0.1) is 30.9 Å². The number of hydrogen-bond donors (Lipinski definition) is 1. The zero-order valence-electron chi connectivity index (χ0n) is 10.2. The predicted molar refractivity (Wildman–Crippen MR) is 72.3 cm³/mol. The third-order valence-corrected chi connectivity index (χ3v) is 3.15. The van der Waals surface area contributed by atoms with Crippen LogP contribution in [-0.2, 0) is 16.0 Å². The van der Waals surface area contributed by atoms with Crippen LogP contribution in [0.3, 0.4) is 0 Å². The lowest BCUT2D eigenvalue weighted by Gasteiger charge is -2.02. The summed E-state index contributed by atoms with van der Waals surface area (Å²) in [6, 6.07) is 9.19. The molecular weight excluding hydrogens is 262 g/mol. The molecule has 0 saturated carbocycles. The SMILES string of the molecule is COC(=O)Cc1csc(Nc2cccc(C#N)c2)n1. The largest absolute Gasteiger partial charge is 0.469 e. The van der Waals surface area contributed by atoms with Gasteiger partial charge in [0, 0.05) is 11.1 Å². The van der Waals surface area contributed by atoms with Crippen LogP contribution in [-0.4, -0.2) is 18.1 Å². The van der Waals surface area contributed by atoms with Crippen molar-refractivity contribution >= 4 is 28.1 Å². The second-order valence-electron chi connectivity index (χ2n) is 3.71. The molecule has 0 aliphatic rings. The number of nitrogens with one attached hydrogen (secondary N) is 1. The normalized spacial score (nSPS) is 9.68. The van der Waals surface area contributed by atoms with E-state index in [1.54, 1.807) is 23.6 Å². The third-order valence-electron chi connectivity index (χ3n) is 2.35. The Morgan fingerprint density at radius 3 is 3.16 bits per heavy atom. The molecule has 0 aliphatic carbocycles. The minimum Gasteiger partial charge on any atom is -0.469 e. The van der Waals surface area contributed by atoms with Crippen molar-refractivity contribution in [3.8, 4) is 6.07 Å². The molecule has 0 fully saturated rings. The maximum absolute atomic E-state index is 11.1. The van der Waals surface area contributed by atoms with Crippen molar-refractivity contribution in [3.63, 3.8) is 0 Å². The van der Waals surface area contributed by atoms with Crippen LogP contribution in [0.2, 0.25) is 0 Å². The maximum Gasteiger partial charge on any atom is 0.311 e. The number of aromatic nitrogens is 1. The second-order valence-corrected chi connectivity index (χ2v) is 4.57. The smallest absolute Gasteiger partial charge is 0.311 e. The first-order chi connectivity index (χ1) is 9.21. The molecule has 2 aromatic rings. The number of anilines is 2. The highest BCUT2D eigenvalue weighted by Crippen LogP contribution is 2.21. The van der Waals surface area contributed by atoms with Gasteiger partial charge < -0.3 is 10.1 Å². The maximum atomic E-state index is 11.1. The monoisotopic (exact) mass is 273 g/mol. The van der Waals surface area contributed by atoms with Gasteiger partial charge in [0.15, 0.2) is 5.13 Å². The van der Waals surface area contributed by atoms with Gasteiger partial charge in [0.25, 0.3) is 0 Å².